The largest absolute Gasteiger partial charge is 0.397 e. The van der Waals surface area contributed by atoms with Gasteiger partial charge in [-0.05, 0) is 38.1 Å². The number of pyridine rings is 1. The third kappa shape index (κ3) is 2.65. The number of aliphatic hydroxyl groups is 1. The number of anilines is 2. The van der Waals surface area contributed by atoms with Crippen LogP contribution in [0, 0.1) is 0 Å². The van der Waals surface area contributed by atoms with E-state index in [0.717, 1.165) is 16.6 Å². The number of nitrogen functional groups attached to an aromatic ring is 1. The van der Waals surface area contributed by atoms with Gasteiger partial charge in [-0.3, -0.25) is 4.98 Å². The van der Waals surface area contributed by atoms with E-state index in [1.807, 2.05) is 24.3 Å². The minimum atomic E-state index is -0.768. The molecule has 2 aromatic rings. The Labute approximate surface area is 100 Å². The number of nitrogens with one attached hydrogen (secondary N) is 1. The summed E-state index contributed by atoms with van der Waals surface area (Å²) in [4.78, 5) is 4.23. The number of aromatic nitrogens is 1. The molecule has 0 aliphatic heterocycles. The summed E-state index contributed by atoms with van der Waals surface area (Å²) in [5.41, 5.74) is 7.66. The van der Waals surface area contributed by atoms with Gasteiger partial charge in [-0.1, -0.05) is 0 Å². The van der Waals surface area contributed by atoms with E-state index in [2.05, 4.69) is 10.3 Å². The van der Waals surface area contributed by atoms with Crippen LogP contribution in [0.25, 0.3) is 10.9 Å². The molecule has 1 aromatic heterocycles. The van der Waals surface area contributed by atoms with Gasteiger partial charge in [0.1, 0.15) is 0 Å². The molecule has 4 heteroatoms. The average Bonchev–Trinajstić information content (AvgIpc) is 2.27. The van der Waals surface area contributed by atoms with Gasteiger partial charge in [-0.2, -0.15) is 0 Å². The molecule has 0 bridgehead atoms. The predicted octanol–water partition coefficient (Wildman–Crippen LogP) is 2.00. The lowest BCUT2D eigenvalue weighted by Gasteiger charge is -2.19. The molecule has 0 amide bonds. The second kappa shape index (κ2) is 4.22. The highest BCUT2D eigenvalue weighted by Crippen LogP contribution is 2.27. The van der Waals surface area contributed by atoms with Crippen LogP contribution in [0.5, 0.6) is 0 Å². The van der Waals surface area contributed by atoms with Crippen molar-refractivity contribution in [1.82, 2.24) is 4.98 Å². The molecule has 0 aliphatic rings. The fraction of sp³-hybridized carbons (Fsp3) is 0.308. The minimum absolute atomic E-state index is 0.447. The molecular weight excluding hydrogens is 214 g/mol. The van der Waals surface area contributed by atoms with Crippen molar-refractivity contribution < 1.29 is 5.11 Å². The predicted molar refractivity (Wildman–Crippen MR) is 70.9 cm³/mol. The molecule has 0 fully saturated rings. The summed E-state index contributed by atoms with van der Waals surface area (Å²) in [6.07, 6.45) is 1.74. The Bertz CT molecular complexity index is 532. The third-order valence-corrected chi connectivity index (χ3v) is 2.54. The maximum Gasteiger partial charge on any atom is 0.0763 e. The number of benzene rings is 1. The molecule has 17 heavy (non-hydrogen) atoms. The van der Waals surface area contributed by atoms with Gasteiger partial charge in [0.25, 0.3) is 0 Å². The van der Waals surface area contributed by atoms with E-state index in [0.29, 0.717) is 12.2 Å². The van der Waals surface area contributed by atoms with E-state index in [1.165, 1.54) is 0 Å². The molecule has 2 rings (SSSR count). The molecule has 1 aromatic carbocycles. The van der Waals surface area contributed by atoms with Crippen molar-refractivity contribution in [3.63, 3.8) is 0 Å². The van der Waals surface area contributed by atoms with Crippen molar-refractivity contribution in [2.45, 2.75) is 19.4 Å². The van der Waals surface area contributed by atoms with Crippen LogP contribution in [0.15, 0.2) is 30.5 Å². The summed E-state index contributed by atoms with van der Waals surface area (Å²) in [5, 5.41) is 13.7. The van der Waals surface area contributed by atoms with E-state index in [9.17, 15) is 5.11 Å². The third-order valence-electron chi connectivity index (χ3n) is 2.54. The molecule has 0 spiro atoms. The molecule has 0 atom stereocenters. The lowest BCUT2D eigenvalue weighted by molar-refractivity contribution is 0.0945. The van der Waals surface area contributed by atoms with Gasteiger partial charge in [-0.25, -0.2) is 0 Å². The number of nitrogens with zero attached hydrogens (tertiary/aromatic N) is 1. The number of hydrogen-bond donors (Lipinski definition) is 3. The van der Waals surface area contributed by atoms with Gasteiger partial charge < -0.3 is 16.2 Å². The van der Waals surface area contributed by atoms with E-state index >= 15 is 0 Å². The highest BCUT2D eigenvalue weighted by atomic mass is 16.3. The number of rotatable bonds is 3. The standard InChI is InChI=1S/C13H17N3O/c1-13(2,17)8-16-11-6-5-10-9(12(11)14)4-3-7-15-10/h3-7,16-17H,8,14H2,1-2H3. The highest BCUT2D eigenvalue weighted by molar-refractivity contribution is 5.96. The number of nitrogens with two attached hydrogens (primary N) is 1. The van der Waals surface area contributed by atoms with Crippen LogP contribution in [0.2, 0.25) is 0 Å². The van der Waals surface area contributed by atoms with E-state index in [-0.39, 0.29) is 0 Å². The fourth-order valence-electron chi connectivity index (χ4n) is 1.64. The first-order valence-corrected chi connectivity index (χ1v) is 5.57. The van der Waals surface area contributed by atoms with Gasteiger partial charge in [0.2, 0.25) is 0 Å². The van der Waals surface area contributed by atoms with E-state index in [4.69, 9.17) is 5.73 Å². The van der Waals surface area contributed by atoms with E-state index in [1.54, 1.807) is 20.0 Å². The quantitative estimate of drug-likeness (QED) is 0.706. The van der Waals surface area contributed by atoms with Crippen LogP contribution >= 0.6 is 0 Å². The Balaban J connectivity index is 2.33. The summed E-state index contributed by atoms with van der Waals surface area (Å²) in [6.45, 7) is 3.94. The number of fused-ring (bicyclic) bond motifs is 1. The lowest BCUT2D eigenvalue weighted by Crippen LogP contribution is -2.29. The molecule has 0 saturated carbocycles. The van der Waals surface area contributed by atoms with Crippen molar-refractivity contribution in [2.24, 2.45) is 0 Å². The van der Waals surface area contributed by atoms with Crippen LogP contribution in [-0.4, -0.2) is 22.2 Å². The van der Waals surface area contributed by atoms with Crippen LogP contribution in [0.4, 0.5) is 11.4 Å². The van der Waals surface area contributed by atoms with Crippen molar-refractivity contribution in [3.05, 3.63) is 30.5 Å². The first-order chi connectivity index (χ1) is 7.97. The SMILES string of the molecule is CC(C)(O)CNc1ccc2ncccc2c1N. The fourth-order valence-corrected chi connectivity index (χ4v) is 1.64. The molecular formula is C13H17N3O. The van der Waals surface area contributed by atoms with Gasteiger partial charge in [0.15, 0.2) is 0 Å². The maximum atomic E-state index is 9.67. The second-order valence-corrected chi connectivity index (χ2v) is 4.76. The smallest absolute Gasteiger partial charge is 0.0763 e. The molecule has 90 valence electrons. The van der Waals surface area contributed by atoms with E-state index < -0.39 is 5.60 Å². The first-order valence-electron chi connectivity index (χ1n) is 5.57. The minimum Gasteiger partial charge on any atom is -0.397 e. The highest BCUT2D eigenvalue weighted by Gasteiger charge is 2.13. The normalized spacial score (nSPS) is 11.7. The zero-order valence-corrected chi connectivity index (χ0v) is 10.1. The lowest BCUT2D eigenvalue weighted by atomic mass is 10.1. The van der Waals surface area contributed by atoms with Crippen LogP contribution in [-0.2, 0) is 0 Å². The Morgan fingerprint density at radius 1 is 1.35 bits per heavy atom. The molecule has 0 unspecified atom stereocenters. The number of hydrogen-bond acceptors (Lipinski definition) is 4. The Morgan fingerprint density at radius 3 is 2.82 bits per heavy atom. The second-order valence-electron chi connectivity index (χ2n) is 4.76. The molecule has 4 N–H and O–H groups in total. The van der Waals surface area contributed by atoms with Gasteiger partial charge in [0, 0.05) is 18.1 Å². The summed E-state index contributed by atoms with van der Waals surface area (Å²) < 4.78 is 0. The van der Waals surface area contributed by atoms with Gasteiger partial charge in [0.05, 0.1) is 22.5 Å². The summed E-state index contributed by atoms with van der Waals surface area (Å²) in [5.74, 6) is 0. The topological polar surface area (TPSA) is 71.2 Å². The van der Waals surface area contributed by atoms with Crippen molar-refractivity contribution in [1.29, 1.82) is 0 Å². The zero-order chi connectivity index (χ0) is 12.5. The van der Waals surface area contributed by atoms with Crippen LogP contribution in [0.3, 0.4) is 0 Å². The van der Waals surface area contributed by atoms with Crippen molar-refractivity contribution in [3.8, 4) is 0 Å². The van der Waals surface area contributed by atoms with Crippen LogP contribution in [0.1, 0.15) is 13.8 Å². The monoisotopic (exact) mass is 231 g/mol. The molecule has 0 saturated heterocycles. The zero-order valence-electron chi connectivity index (χ0n) is 10.1. The molecule has 4 nitrogen and oxygen atoms in total. The van der Waals surface area contributed by atoms with Gasteiger partial charge >= 0.3 is 0 Å². The van der Waals surface area contributed by atoms with Crippen molar-refractivity contribution >= 4 is 22.3 Å². The summed E-state index contributed by atoms with van der Waals surface area (Å²) in [7, 11) is 0. The summed E-state index contributed by atoms with van der Waals surface area (Å²) in [6, 6.07) is 7.60. The molecule has 0 aliphatic carbocycles. The molecule has 1 heterocycles. The first kappa shape index (κ1) is 11.7. The Hall–Kier alpha value is -1.81. The average molecular weight is 231 g/mol. The Kier molecular flexibility index (Phi) is 2.90. The van der Waals surface area contributed by atoms with Crippen LogP contribution < -0.4 is 11.1 Å². The summed E-state index contributed by atoms with van der Waals surface area (Å²) >= 11 is 0. The van der Waals surface area contributed by atoms with Gasteiger partial charge in [-0.15, -0.1) is 0 Å². The Morgan fingerprint density at radius 2 is 2.12 bits per heavy atom. The van der Waals surface area contributed by atoms with Crippen molar-refractivity contribution in [2.75, 3.05) is 17.6 Å². The molecule has 0 radical (unpaired) electrons. The maximum absolute atomic E-state index is 9.67.